The second-order valence-electron chi connectivity index (χ2n) is 5.27. The van der Waals surface area contributed by atoms with Crippen molar-refractivity contribution in [3.63, 3.8) is 0 Å². The van der Waals surface area contributed by atoms with Crippen molar-refractivity contribution >= 4 is 34.8 Å². The zero-order chi connectivity index (χ0) is 15.7. The fourth-order valence-electron chi connectivity index (χ4n) is 2.48. The number of para-hydroxylation sites is 1. The molecule has 1 atom stereocenters. The summed E-state index contributed by atoms with van der Waals surface area (Å²) >= 11 is 6.09. The first-order chi connectivity index (χ1) is 10.6. The average Bonchev–Trinajstić information content (AvgIpc) is 2.78. The number of anilines is 2. The maximum Gasteiger partial charge on any atom is 0.256 e. The number of amides is 2. The number of nitrogens with one attached hydrogen (secondary N) is 1. The Labute approximate surface area is 133 Å². The van der Waals surface area contributed by atoms with Gasteiger partial charge in [0.05, 0.1) is 12.1 Å². The molecule has 2 aromatic rings. The Morgan fingerprint density at radius 2 is 1.86 bits per heavy atom. The van der Waals surface area contributed by atoms with Crippen LogP contribution in [0, 0.1) is 6.92 Å². The summed E-state index contributed by atoms with van der Waals surface area (Å²) in [5, 5.41) is 3.72. The van der Waals surface area contributed by atoms with Gasteiger partial charge in [0.2, 0.25) is 5.91 Å². The van der Waals surface area contributed by atoms with Gasteiger partial charge >= 0.3 is 0 Å². The van der Waals surface area contributed by atoms with Crippen molar-refractivity contribution in [3.05, 3.63) is 59.1 Å². The number of halogens is 1. The van der Waals surface area contributed by atoms with Crippen molar-refractivity contribution in [1.29, 1.82) is 0 Å². The van der Waals surface area contributed by atoms with E-state index in [1.54, 1.807) is 30.3 Å². The second kappa shape index (κ2) is 5.81. The van der Waals surface area contributed by atoms with E-state index in [0.29, 0.717) is 10.7 Å². The summed E-state index contributed by atoms with van der Waals surface area (Å²) in [6, 6.07) is 13.9. The van der Waals surface area contributed by atoms with Crippen LogP contribution in [0.25, 0.3) is 0 Å². The Morgan fingerprint density at radius 1 is 1.14 bits per heavy atom. The van der Waals surface area contributed by atoms with Gasteiger partial charge in [0, 0.05) is 10.7 Å². The number of rotatable bonds is 3. The summed E-state index contributed by atoms with van der Waals surface area (Å²) in [5.41, 5.74) is 2.30. The van der Waals surface area contributed by atoms with Gasteiger partial charge < -0.3 is 5.32 Å². The monoisotopic (exact) mass is 314 g/mol. The van der Waals surface area contributed by atoms with Gasteiger partial charge in [-0.3, -0.25) is 9.59 Å². The first-order valence-corrected chi connectivity index (χ1v) is 7.38. The molecule has 0 spiro atoms. The quantitative estimate of drug-likeness (QED) is 0.883. The lowest BCUT2D eigenvalue weighted by molar-refractivity contribution is -0.121. The van der Waals surface area contributed by atoms with Gasteiger partial charge in [-0.1, -0.05) is 35.9 Å². The number of carbonyl (C=O) groups is 2. The lowest BCUT2D eigenvalue weighted by Gasteiger charge is -2.16. The molecular formula is C17H15ClN2O2. The van der Waals surface area contributed by atoms with Crippen LogP contribution in [0.5, 0.6) is 0 Å². The summed E-state index contributed by atoms with van der Waals surface area (Å²) in [4.78, 5) is 25.9. The SMILES string of the molecule is Cc1ccc(N[C@@H]2CC(=O)N(c3ccccc3)C2=O)cc1Cl. The maximum atomic E-state index is 12.5. The van der Waals surface area contributed by atoms with Gasteiger partial charge in [-0.25, -0.2) is 4.90 Å². The lowest BCUT2D eigenvalue weighted by atomic mass is 10.2. The standard InChI is InChI=1S/C17H15ClN2O2/c1-11-7-8-12(9-14(11)18)19-15-10-16(21)20(17(15)22)13-5-3-2-4-6-13/h2-9,15,19H,10H2,1H3/t15-/m1/s1. The van der Waals surface area contributed by atoms with Crippen molar-refractivity contribution in [3.8, 4) is 0 Å². The summed E-state index contributed by atoms with van der Waals surface area (Å²) in [6.07, 6.45) is 0.138. The molecule has 2 aromatic carbocycles. The van der Waals surface area contributed by atoms with E-state index in [4.69, 9.17) is 11.6 Å². The zero-order valence-corrected chi connectivity index (χ0v) is 12.8. The molecule has 1 N–H and O–H groups in total. The minimum atomic E-state index is -0.563. The van der Waals surface area contributed by atoms with Crippen LogP contribution in [0.1, 0.15) is 12.0 Å². The Hall–Kier alpha value is -2.33. The molecule has 3 rings (SSSR count). The molecule has 0 radical (unpaired) electrons. The smallest absolute Gasteiger partial charge is 0.256 e. The number of nitrogens with zero attached hydrogens (tertiary/aromatic N) is 1. The van der Waals surface area contributed by atoms with Crippen molar-refractivity contribution in [2.45, 2.75) is 19.4 Å². The average molecular weight is 315 g/mol. The molecule has 1 fully saturated rings. The van der Waals surface area contributed by atoms with Crippen LogP contribution in [-0.2, 0) is 9.59 Å². The van der Waals surface area contributed by atoms with E-state index in [2.05, 4.69) is 5.32 Å². The maximum absolute atomic E-state index is 12.5. The minimum Gasteiger partial charge on any atom is -0.373 e. The first kappa shape index (κ1) is 14.6. The van der Waals surface area contributed by atoms with Crippen molar-refractivity contribution < 1.29 is 9.59 Å². The Balaban J connectivity index is 1.80. The molecule has 0 unspecified atom stereocenters. The van der Waals surface area contributed by atoms with E-state index < -0.39 is 6.04 Å². The van der Waals surface area contributed by atoms with Crippen LogP contribution in [0.4, 0.5) is 11.4 Å². The Bertz CT molecular complexity index is 731. The number of hydrogen-bond acceptors (Lipinski definition) is 3. The van der Waals surface area contributed by atoms with E-state index in [0.717, 1.165) is 11.3 Å². The molecular weight excluding hydrogens is 300 g/mol. The third kappa shape index (κ3) is 2.70. The fraction of sp³-hybridized carbons (Fsp3) is 0.176. The molecule has 22 heavy (non-hydrogen) atoms. The summed E-state index contributed by atoms with van der Waals surface area (Å²) in [5.74, 6) is -0.445. The Morgan fingerprint density at radius 3 is 2.55 bits per heavy atom. The van der Waals surface area contributed by atoms with Gasteiger partial charge in [-0.2, -0.15) is 0 Å². The van der Waals surface area contributed by atoms with E-state index in [1.807, 2.05) is 25.1 Å². The molecule has 0 bridgehead atoms. The van der Waals surface area contributed by atoms with Crippen LogP contribution >= 0.6 is 11.6 Å². The molecule has 1 saturated heterocycles. The molecule has 2 amide bonds. The van der Waals surface area contributed by atoms with Crippen molar-refractivity contribution in [2.75, 3.05) is 10.2 Å². The van der Waals surface area contributed by atoms with Crippen molar-refractivity contribution in [2.24, 2.45) is 0 Å². The topological polar surface area (TPSA) is 49.4 Å². The number of hydrogen-bond donors (Lipinski definition) is 1. The van der Waals surface area contributed by atoms with Crippen LogP contribution < -0.4 is 10.2 Å². The van der Waals surface area contributed by atoms with E-state index >= 15 is 0 Å². The van der Waals surface area contributed by atoms with Gasteiger partial charge in [-0.05, 0) is 36.8 Å². The van der Waals surface area contributed by atoms with Gasteiger partial charge in [0.1, 0.15) is 6.04 Å². The molecule has 0 saturated carbocycles. The molecule has 112 valence electrons. The first-order valence-electron chi connectivity index (χ1n) is 7.01. The third-order valence-corrected chi connectivity index (χ3v) is 4.08. The molecule has 5 heteroatoms. The minimum absolute atomic E-state index is 0.138. The fourth-order valence-corrected chi connectivity index (χ4v) is 2.66. The second-order valence-corrected chi connectivity index (χ2v) is 5.68. The van der Waals surface area contributed by atoms with Gasteiger partial charge in [-0.15, -0.1) is 0 Å². The van der Waals surface area contributed by atoms with Gasteiger partial charge in [0.15, 0.2) is 0 Å². The number of imide groups is 1. The highest BCUT2D eigenvalue weighted by molar-refractivity contribution is 6.31. The lowest BCUT2D eigenvalue weighted by Crippen LogP contribution is -2.34. The summed E-state index contributed by atoms with van der Waals surface area (Å²) in [7, 11) is 0. The van der Waals surface area contributed by atoms with Crippen LogP contribution in [0.2, 0.25) is 5.02 Å². The zero-order valence-electron chi connectivity index (χ0n) is 12.0. The normalized spacial score (nSPS) is 17.9. The van der Waals surface area contributed by atoms with E-state index in [1.165, 1.54) is 4.90 Å². The highest BCUT2D eigenvalue weighted by Crippen LogP contribution is 2.26. The number of carbonyl (C=O) groups excluding carboxylic acids is 2. The van der Waals surface area contributed by atoms with E-state index in [9.17, 15) is 9.59 Å². The number of benzene rings is 2. The highest BCUT2D eigenvalue weighted by atomic mass is 35.5. The molecule has 1 heterocycles. The third-order valence-electron chi connectivity index (χ3n) is 3.67. The molecule has 0 aromatic heterocycles. The van der Waals surface area contributed by atoms with Crippen LogP contribution in [-0.4, -0.2) is 17.9 Å². The summed E-state index contributed by atoms with van der Waals surface area (Å²) < 4.78 is 0. The predicted octanol–water partition coefficient (Wildman–Crippen LogP) is 3.39. The predicted molar refractivity (Wildman–Crippen MR) is 87.2 cm³/mol. The molecule has 1 aliphatic rings. The highest BCUT2D eigenvalue weighted by Gasteiger charge is 2.39. The number of aryl methyl sites for hydroxylation is 1. The molecule has 4 nitrogen and oxygen atoms in total. The summed E-state index contributed by atoms with van der Waals surface area (Å²) in [6.45, 7) is 1.91. The Kier molecular flexibility index (Phi) is 3.86. The van der Waals surface area contributed by atoms with Crippen LogP contribution in [0.15, 0.2) is 48.5 Å². The van der Waals surface area contributed by atoms with Crippen LogP contribution in [0.3, 0.4) is 0 Å². The molecule has 1 aliphatic heterocycles. The molecule has 0 aliphatic carbocycles. The largest absolute Gasteiger partial charge is 0.373 e. The van der Waals surface area contributed by atoms with E-state index in [-0.39, 0.29) is 18.2 Å². The van der Waals surface area contributed by atoms with Crippen molar-refractivity contribution in [1.82, 2.24) is 0 Å². The van der Waals surface area contributed by atoms with Gasteiger partial charge in [0.25, 0.3) is 5.91 Å².